The zero-order valence-corrected chi connectivity index (χ0v) is 12.1. The maximum atomic E-state index is 4.86. The Hall–Kier alpha value is -1.13. The van der Waals surface area contributed by atoms with E-state index in [1.165, 1.54) is 50.3 Å². The van der Waals surface area contributed by atoms with Gasteiger partial charge in [-0.1, -0.05) is 6.07 Å². The summed E-state index contributed by atoms with van der Waals surface area (Å²) in [5.41, 5.74) is 1.18. The minimum Gasteiger partial charge on any atom is -0.354 e. The molecule has 3 aliphatic rings. The molecule has 1 atom stereocenters. The van der Waals surface area contributed by atoms with Gasteiger partial charge in [0.1, 0.15) is 5.82 Å². The maximum Gasteiger partial charge on any atom is 0.128 e. The Morgan fingerprint density at radius 1 is 1.15 bits per heavy atom. The second-order valence-electron chi connectivity index (χ2n) is 6.42. The van der Waals surface area contributed by atoms with E-state index in [9.17, 15) is 0 Å². The highest BCUT2D eigenvalue weighted by atomic mass is 15.3. The molecule has 2 saturated heterocycles. The van der Waals surface area contributed by atoms with E-state index in [4.69, 9.17) is 4.98 Å². The van der Waals surface area contributed by atoms with Crippen LogP contribution in [-0.2, 0) is 6.54 Å². The topological polar surface area (TPSA) is 31.4 Å². The number of hydrogen-bond donors (Lipinski definition) is 1. The second-order valence-corrected chi connectivity index (χ2v) is 6.42. The van der Waals surface area contributed by atoms with Crippen LogP contribution in [0, 0.1) is 0 Å². The average molecular weight is 272 g/mol. The number of aromatic nitrogens is 1. The first-order valence-electron chi connectivity index (χ1n) is 8.07. The van der Waals surface area contributed by atoms with Gasteiger partial charge in [0.05, 0.1) is 5.69 Å². The molecule has 1 aromatic rings. The van der Waals surface area contributed by atoms with Crippen LogP contribution in [0.1, 0.15) is 31.4 Å². The number of nitrogens with one attached hydrogen (secondary N) is 1. The van der Waals surface area contributed by atoms with Crippen LogP contribution < -0.4 is 10.2 Å². The number of fused-ring (bicyclic) bond motifs is 1. The fraction of sp³-hybridized carbons (Fsp3) is 0.688. The Morgan fingerprint density at radius 3 is 3.00 bits per heavy atom. The van der Waals surface area contributed by atoms with Crippen molar-refractivity contribution in [1.82, 2.24) is 15.2 Å². The van der Waals surface area contributed by atoms with E-state index in [1.54, 1.807) is 0 Å². The predicted molar refractivity (Wildman–Crippen MR) is 80.9 cm³/mol. The first-order chi connectivity index (χ1) is 9.88. The number of anilines is 1. The van der Waals surface area contributed by atoms with Crippen LogP contribution >= 0.6 is 0 Å². The molecule has 108 valence electrons. The van der Waals surface area contributed by atoms with Crippen molar-refractivity contribution in [2.45, 2.75) is 44.3 Å². The molecule has 20 heavy (non-hydrogen) atoms. The Labute approximate surface area is 121 Å². The van der Waals surface area contributed by atoms with E-state index < -0.39 is 0 Å². The van der Waals surface area contributed by atoms with E-state index in [1.807, 2.05) is 0 Å². The third kappa shape index (κ3) is 2.67. The summed E-state index contributed by atoms with van der Waals surface area (Å²) in [5.74, 6) is 1.17. The molecule has 1 saturated carbocycles. The highest BCUT2D eigenvalue weighted by molar-refractivity contribution is 5.40. The lowest BCUT2D eigenvalue weighted by Gasteiger charge is -2.38. The van der Waals surface area contributed by atoms with Crippen LogP contribution in [0.2, 0.25) is 0 Å². The van der Waals surface area contributed by atoms with Gasteiger partial charge >= 0.3 is 0 Å². The van der Waals surface area contributed by atoms with Crippen LogP contribution in [0.15, 0.2) is 18.2 Å². The van der Waals surface area contributed by atoms with Gasteiger partial charge in [0.15, 0.2) is 0 Å². The van der Waals surface area contributed by atoms with Crippen molar-refractivity contribution in [3.8, 4) is 0 Å². The predicted octanol–water partition coefficient (Wildman–Crippen LogP) is 1.62. The quantitative estimate of drug-likeness (QED) is 0.902. The summed E-state index contributed by atoms with van der Waals surface area (Å²) in [7, 11) is 0. The van der Waals surface area contributed by atoms with Crippen molar-refractivity contribution in [3.05, 3.63) is 23.9 Å². The summed E-state index contributed by atoms with van der Waals surface area (Å²) < 4.78 is 0. The normalized spacial score (nSPS) is 26.8. The molecule has 1 aliphatic carbocycles. The molecule has 1 aromatic heterocycles. The van der Waals surface area contributed by atoms with Gasteiger partial charge in [-0.15, -0.1) is 0 Å². The van der Waals surface area contributed by atoms with Gasteiger partial charge in [-0.3, -0.25) is 4.90 Å². The summed E-state index contributed by atoms with van der Waals surface area (Å²) in [5, 5.41) is 3.55. The molecule has 1 unspecified atom stereocenters. The molecule has 1 N–H and O–H groups in total. The van der Waals surface area contributed by atoms with Crippen LogP contribution in [-0.4, -0.2) is 48.1 Å². The number of piperazine rings is 1. The van der Waals surface area contributed by atoms with E-state index in [-0.39, 0.29) is 0 Å². The monoisotopic (exact) mass is 272 g/mol. The fourth-order valence-electron chi connectivity index (χ4n) is 3.48. The lowest BCUT2D eigenvalue weighted by atomic mass is 10.1. The molecule has 4 heteroatoms. The molecule has 3 fully saturated rings. The Kier molecular flexibility index (Phi) is 3.36. The molecule has 0 radical (unpaired) electrons. The van der Waals surface area contributed by atoms with Crippen molar-refractivity contribution in [1.29, 1.82) is 0 Å². The number of pyridine rings is 1. The molecular weight excluding hydrogens is 248 g/mol. The lowest BCUT2D eigenvalue weighted by Crippen LogP contribution is -2.50. The smallest absolute Gasteiger partial charge is 0.128 e. The fourth-order valence-corrected chi connectivity index (χ4v) is 3.48. The first kappa shape index (κ1) is 12.6. The summed E-state index contributed by atoms with van der Waals surface area (Å²) in [6.45, 7) is 5.71. The molecule has 4 rings (SSSR count). The average Bonchev–Trinajstić information content (AvgIpc) is 3.20. The minimum atomic E-state index is 0.752. The number of nitrogens with zero attached hydrogens (tertiary/aromatic N) is 3. The SMILES string of the molecule is c1cc(CNC2CC2)nc(N2CCN3CCCC3C2)c1. The molecule has 3 heterocycles. The summed E-state index contributed by atoms with van der Waals surface area (Å²) in [4.78, 5) is 9.98. The molecule has 4 nitrogen and oxygen atoms in total. The van der Waals surface area contributed by atoms with Gasteiger partial charge in [0, 0.05) is 38.3 Å². The van der Waals surface area contributed by atoms with Crippen molar-refractivity contribution in [2.24, 2.45) is 0 Å². The highest BCUT2D eigenvalue weighted by Gasteiger charge is 2.31. The Balaban J connectivity index is 1.42. The van der Waals surface area contributed by atoms with Gasteiger partial charge < -0.3 is 10.2 Å². The Morgan fingerprint density at radius 2 is 2.10 bits per heavy atom. The van der Waals surface area contributed by atoms with Crippen LogP contribution in [0.25, 0.3) is 0 Å². The van der Waals surface area contributed by atoms with Crippen molar-refractivity contribution in [3.63, 3.8) is 0 Å². The van der Waals surface area contributed by atoms with Crippen molar-refractivity contribution in [2.75, 3.05) is 31.1 Å². The third-order valence-electron chi connectivity index (χ3n) is 4.85. The number of hydrogen-bond acceptors (Lipinski definition) is 4. The van der Waals surface area contributed by atoms with E-state index in [2.05, 4.69) is 33.3 Å². The first-order valence-corrected chi connectivity index (χ1v) is 8.07. The van der Waals surface area contributed by atoms with Gasteiger partial charge in [-0.2, -0.15) is 0 Å². The minimum absolute atomic E-state index is 0.752. The largest absolute Gasteiger partial charge is 0.354 e. The molecule has 0 bridgehead atoms. The van der Waals surface area contributed by atoms with Crippen molar-refractivity contribution < 1.29 is 0 Å². The molecule has 0 amide bonds. The van der Waals surface area contributed by atoms with E-state index in [0.29, 0.717) is 0 Å². The zero-order valence-electron chi connectivity index (χ0n) is 12.1. The third-order valence-corrected chi connectivity index (χ3v) is 4.85. The summed E-state index contributed by atoms with van der Waals surface area (Å²) in [6, 6.07) is 7.99. The van der Waals surface area contributed by atoms with Gasteiger partial charge in [0.2, 0.25) is 0 Å². The van der Waals surface area contributed by atoms with Crippen molar-refractivity contribution >= 4 is 5.82 Å². The molecule has 0 aromatic carbocycles. The number of rotatable bonds is 4. The molecule has 2 aliphatic heterocycles. The molecule has 0 spiro atoms. The van der Waals surface area contributed by atoms with Gasteiger partial charge in [0.25, 0.3) is 0 Å². The second kappa shape index (κ2) is 5.34. The van der Waals surface area contributed by atoms with Crippen LogP contribution in [0.5, 0.6) is 0 Å². The summed E-state index contributed by atoms with van der Waals surface area (Å²) in [6.07, 6.45) is 5.41. The standard InChI is InChI=1S/C16H24N4/c1-3-14(11-17-13-6-7-13)18-16(5-1)20-10-9-19-8-2-4-15(19)12-20/h1,3,5,13,15,17H,2,4,6-12H2. The maximum absolute atomic E-state index is 4.86. The Bertz CT molecular complexity index is 471. The lowest BCUT2D eigenvalue weighted by molar-refractivity contribution is 0.230. The van der Waals surface area contributed by atoms with Gasteiger partial charge in [-0.25, -0.2) is 4.98 Å². The van der Waals surface area contributed by atoms with Gasteiger partial charge in [-0.05, 0) is 44.4 Å². The zero-order chi connectivity index (χ0) is 13.4. The van der Waals surface area contributed by atoms with Crippen LogP contribution in [0.4, 0.5) is 5.82 Å². The van der Waals surface area contributed by atoms with E-state index in [0.717, 1.165) is 31.7 Å². The molecular formula is C16H24N4. The highest BCUT2D eigenvalue weighted by Crippen LogP contribution is 2.24. The summed E-state index contributed by atoms with van der Waals surface area (Å²) >= 11 is 0. The van der Waals surface area contributed by atoms with E-state index >= 15 is 0 Å². The van der Waals surface area contributed by atoms with Crippen LogP contribution in [0.3, 0.4) is 0 Å².